The van der Waals surface area contributed by atoms with Gasteiger partial charge in [-0.2, -0.15) is 0 Å². The first-order valence-corrected chi connectivity index (χ1v) is 5.41. The number of aromatic carboxylic acids is 1. The average Bonchev–Trinajstić information content (AvgIpc) is 2.71. The average molecular weight is 268 g/mol. The standard InChI is InChI=1S/C10H10ClN5O2/c1-16-5-13-15-9(16)4-12-8-3-6(10(17)18)2-7(11)14-8/h2-3,5H,4H2,1H3,(H,12,14)(H,17,18). The lowest BCUT2D eigenvalue weighted by Crippen LogP contribution is -2.08. The zero-order valence-corrected chi connectivity index (χ0v) is 10.2. The number of rotatable bonds is 4. The van der Waals surface area contributed by atoms with E-state index in [1.165, 1.54) is 12.1 Å². The van der Waals surface area contributed by atoms with Gasteiger partial charge in [-0.25, -0.2) is 9.78 Å². The van der Waals surface area contributed by atoms with Gasteiger partial charge in [-0.15, -0.1) is 10.2 Å². The van der Waals surface area contributed by atoms with Crippen LogP contribution in [-0.4, -0.2) is 30.8 Å². The predicted molar refractivity (Wildman–Crippen MR) is 64.5 cm³/mol. The Morgan fingerprint density at radius 2 is 2.33 bits per heavy atom. The summed E-state index contributed by atoms with van der Waals surface area (Å²) in [6.45, 7) is 0.378. The van der Waals surface area contributed by atoms with E-state index in [1.54, 1.807) is 10.9 Å². The monoisotopic (exact) mass is 267 g/mol. The van der Waals surface area contributed by atoms with E-state index >= 15 is 0 Å². The van der Waals surface area contributed by atoms with Gasteiger partial charge in [0.05, 0.1) is 12.1 Å². The maximum Gasteiger partial charge on any atom is 0.335 e. The molecule has 2 heterocycles. The van der Waals surface area contributed by atoms with Crippen molar-refractivity contribution >= 4 is 23.4 Å². The van der Waals surface area contributed by atoms with Crippen LogP contribution in [0.15, 0.2) is 18.5 Å². The van der Waals surface area contributed by atoms with Crippen LogP contribution in [0.3, 0.4) is 0 Å². The highest BCUT2D eigenvalue weighted by atomic mass is 35.5. The minimum Gasteiger partial charge on any atom is -0.478 e. The molecule has 0 aromatic carbocycles. The van der Waals surface area contributed by atoms with Crippen LogP contribution in [0.4, 0.5) is 5.82 Å². The number of nitrogens with zero attached hydrogens (tertiary/aromatic N) is 4. The van der Waals surface area contributed by atoms with Crippen molar-refractivity contribution < 1.29 is 9.90 Å². The van der Waals surface area contributed by atoms with Gasteiger partial charge in [0.2, 0.25) is 0 Å². The van der Waals surface area contributed by atoms with Gasteiger partial charge in [0.1, 0.15) is 17.3 Å². The van der Waals surface area contributed by atoms with Crippen LogP contribution in [0, 0.1) is 0 Å². The fourth-order valence-corrected chi connectivity index (χ4v) is 1.56. The quantitative estimate of drug-likeness (QED) is 0.808. The molecule has 0 unspecified atom stereocenters. The summed E-state index contributed by atoms with van der Waals surface area (Å²) in [4.78, 5) is 14.8. The van der Waals surface area contributed by atoms with Crippen LogP contribution in [0.25, 0.3) is 0 Å². The number of carboxylic acids is 1. The molecule has 0 spiro atoms. The van der Waals surface area contributed by atoms with E-state index in [0.29, 0.717) is 18.2 Å². The number of aryl methyl sites for hydroxylation is 1. The summed E-state index contributed by atoms with van der Waals surface area (Å²) in [6, 6.07) is 2.70. The molecule has 2 N–H and O–H groups in total. The summed E-state index contributed by atoms with van der Waals surface area (Å²) >= 11 is 5.74. The molecule has 2 aromatic heterocycles. The molecule has 0 bridgehead atoms. The third-order valence-corrected chi connectivity index (χ3v) is 2.47. The first-order chi connectivity index (χ1) is 8.56. The van der Waals surface area contributed by atoms with E-state index in [2.05, 4.69) is 20.5 Å². The zero-order valence-electron chi connectivity index (χ0n) is 9.46. The molecular weight excluding hydrogens is 258 g/mol. The van der Waals surface area contributed by atoms with Gasteiger partial charge in [-0.05, 0) is 12.1 Å². The van der Waals surface area contributed by atoms with Crippen molar-refractivity contribution in [2.45, 2.75) is 6.54 Å². The van der Waals surface area contributed by atoms with Gasteiger partial charge in [-0.3, -0.25) is 0 Å². The van der Waals surface area contributed by atoms with Gasteiger partial charge in [0, 0.05) is 7.05 Å². The summed E-state index contributed by atoms with van der Waals surface area (Å²) in [6.07, 6.45) is 1.57. The van der Waals surface area contributed by atoms with E-state index in [0.717, 1.165) is 0 Å². The van der Waals surface area contributed by atoms with Crippen LogP contribution < -0.4 is 5.32 Å². The molecule has 2 aromatic rings. The second-order valence-corrected chi connectivity index (χ2v) is 3.97. The maximum atomic E-state index is 10.9. The van der Waals surface area contributed by atoms with Crippen molar-refractivity contribution in [2.24, 2.45) is 7.05 Å². The van der Waals surface area contributed by atoms with Crippen LogP contribution in [0.1, 0.15) is 16.2 Å². The molecule has 94 valence electrons. The number of aromatic nitrogens is 4. The lowest BCUT2D eigenvalue weighted by Gasteiger charge is -2.06. The fraction of sp³-hybridized carbons (Fsp3) is 0.200. The summed E-state index contributed by atoms with van der Waals surface area (Å²) in [5.74, 6) is 0.0255. The molecule has 0 aliphatic heterocycles. The third-order valence-electron chi connectivity index (χ3n) is 2.27. The highest BCUT2D eigenvalue weighted by Gasteiger charge is 2.08. The molecule has 0 saturated heterocycles. The van der Waals surface area contributed by atoms with E-state index in [1.807, 2.05) is 7.05 Å². The zero-order chi connectivity index (χ0) is 13.1. The van der Waals surface area contributed by atoms with E-state index in [9.17, 15) is 4.79 Å². The summed E-state index contributed by atoms with van der Waals surface area (Å²) in [5.41, 5.74) is 0.0791. The third kappa shape index (κ3) is 2.75. The lowest BCUT2D eigenvalue weighted by atomic mass is 10.2. The van der Waals surface area contributed by atoms with E-state index in [-0.39, 0.29) is 10.7 Å². The number of nitrogens with one attached hydrogen (secondary N) is 1. The van der Waals surface area contributed by atoms with Gasteiger partial charge in [0.25, 0.3) is 0 Å². The lowest BCUT2D eigenvalue weighted by molar-refractivity contribution is 0.0697. The molecule has 0 atom stereocenters. The highest BCUT2D eigenvalue weighted by molar-refractivity contribution is 6.29. The minimum absolute atomic E-state index is 0.0791. The molecule has 0 saturated carbocycles. The van der Waals surface area contributed by atoms with E-state index in [4.69, 9.17) is 16.7 Å². The number of hydrogen-bond acceptors (Lipinski definition) is 5. The number of hydrogen-bond donors (Lipinski definition) is 2. The van der Waals surface area contributed by atoms with Crippen molar-refractivity contribution in [3.8, 4) is 0 Å². The Morgan fingerprint density at radius 3 is 2.94 bits per heavy atom. The SMILES string of the molecule is Cn1cnnc1CNc1cc(C(=O)O)cc(Cl)n1. The Hall–Kier alpha value is -2.15. The number of carboxylic acid groups (broad SMARTS) is 1. The summed E-state index contributed by atoms with van der Waals surface area (Å²) < 4.78 is 1.75. The smallest absolute Gasteiger partial charge is 0.335 e. The predicted octanol–water partition coefficient (Wildman–Crippen LogP) is 1.17. The Kier molecular flexibility index (Phi) is 3.42. The van der Waals surface area contributed by atoms with Crippen molar-refractivity contribution in [3.05, 3.63) is 35.0 Å². The van der Waals surface area contributed by atoms with Crippen molar-refractivity contribution in [1.82, 2.24) is 19.7 Å². The summed E-state index contributed by atoms with van der Waals surface area (Å²) in [7, 11) is 1.81. The fourth-order valence-electron chi connectivity index (χ4n) is 1.35. The van der Waals surface area contributed by atoms with Gasteiger partial charge in [0.15, 0.2) is 5.82 Å². The molecule has 7 nitrogen and oxygen atoms in total. The Morgan fingerprint density at radius 1 is 1.56 bits per heavy atom. The minimum atomic E-state index is -1.05. The first-order valence-electron chi connectivity index (χ1n) is 5.04. The second-order valence-electron chi connectivity index (χ2n) is 3.58. The molecule has 2 rings (SSSR count). The Bertz CT molecular complexity index is 583. The Labute approximate surface area is 107 Å². The van der Waals surface area contributed by atoms with Crippen molar-refractivity contribution in [2.75, 3.05) is 5.32 Å². The molecule has 8 heteroatoms. The number of pyridine rings is 1. The van der Waals surface area contributed by atoms with Gasteiger partial charge >= 0.3 is 5.97 Å². The van der Waals surface area contributed by atoms with E-state index < -0.39 is 5.97 Å². The van der Waals surface area contributed by atoms with Crippen molar-refractivity contribution in [1.29, 1.82) is 0 Å². The molecule has 0 aliphatic carbocycles. The summed E-state index contributed by atoms with van der Waals surface area (Å²) in [5, 5.41) is 19.6. The topological polar surface area (TPSA) is 92.9 Å². The second kappa shape index (κ2) is 5.01. The maximum absolute atomic E-state index is 10.9. The van der Waals surface area contributed by atoms with Crippen molar-refractivity contribution in [3.63, 3.8) is 0 Å². The highest BCUT2D eigenvalue weighted by Crippen LogP contribution is 2.15. The van der Waals surface area contributed by atoms with Gasteiger partial charge in [-0.1, -0.05) is 11.6 Å². The molecular formula is C10H10ClN5O2. The number of halogens is 1. The molecule has 0 radical (unpaired) electrons. The Balaban J connectivity index is 2.14. The molecule has 0 fully saturated rings. The van der Waals surface area contributed by atoms with Crippen LogP contribution in [-0.2, 0) is 13.6 Å². The van der Waals surface area contributed by atoms with Crippen LogP contribution in [0.5, 0.6) is 0 Å². The van der Waals surface area contributed by atoms with Gasteiger partial charge < -0.3 is 15.0 Å². The largest absolute Gasteiger partial charge is 0.478 e. The van der Waals surface area contributed by atoms with Crippen LogP contribution in [0.2, 0.25) is 5.15 Å². The number of anilines is 1. The molecule has 0 amide bonds. The number of carbonyl (C=O) groups is 1. The van der Waals surface area contributed by atoms with Crippen LogP contribution >= 0.6 is 11.6 Å². The first kappa shape index (κ1) is 12.3. The normalized spacial score (nSPS) is 10.3. The molecule has 18 heavy (non-hydrogen) atoms. The molecule has 0 aliphatic rings.